The number of rotatable bonds is 9. The van der Waals surface area contributed by atoms with Crippen LogP contribution in [-0.2, 0) is 29.4 Å². The van der Waals surface area contributed by atoms with Gasteiger partial charge in [0.15, 0.2) is 5.82 Å². The maximum absolute atomic E-state index is 13.9. The number of aromatic nitrogens is 2. The van der Waals surface area contributed by atoms with Crippen LogP contribution in [-0.4, -0.2) is 95.1 Å². The first-order valence-corrected chi connectivity index (χ1v) is 18.9. The summed E-state index contributed by atoms with van der Waals surface area (Å²) in [4.78, 5) is 54.0. The lowest BCUT2D eigenvalue weighted by molar-refractivity contribution is -0.142. The normalized spacial score (nSPS) is 17.5. The Kier molecular flexibility index (Phi) is 10.6. The number of ether oxygens (including phenoxy) is 1. The molecule has 0 bridgehead atoms. The minimum atomic E-state index is -0.383. The summed E-state index contributed by atoms with van der Waals surface area (Å²) in [7, 11) is 1.71. The number of amides is 2. The molecule has 1 unspecified atom stereocenters. The molecule has 2 N–H and O–H groups in total. The maximum Gasteiger partial charge on any atom is 0.293 e. The van der Waals surface area contributed by atoms with Gasteiger partial charge in [0.25, 0.3) is 11.5 Å². The molecule has 268 valence electrons. The summed E-state index contributed by atoms with van der Waals surface area (Å²) in [6, 6.07) is 15.2. The molecule has 7 rings (SSSR count). The Bertz CT molecular complexity index is 1920. The molecular weight excluding hydrogens is 663 g/mol. The van der Waals surface area contributed by atoms with Crippen LogP contribution in [0.1, 0.15) is 57.0 Å². The zero-order valence-corrected chi connectivity index (χ0v) is 30.6. The van der Waals surface area contributed by atoms with Crippen molar-refractivity contribution in [2.75, 3.05) is 69.7 Å². The summed E-state index contributed by atoms with van der Waals surface area (Å²) in [6.45, 7) is 10.9. The summed E-state index contributed by atoms with van der Waals surface area (Å²) in [6.07, 6.45) is 6.16. The predicted molar refractivity (Wildman–Crippen MR) is 202 cm³/mol. The van der Waals surface area contributed by atoms with Gasteiger partial charge in [-0.2, -0.15) is 0 Å². The number of carbonyl (C=O) groups is 2. The molecule has 2 amide bonds. The molecule has 1 aliphatic carbocycles. The fourth-order valence-corrected chi connectivity index (χ4v) is 8.49. The van der Waals surface area contributed by atoms with Crippen LogP contribution in [0.25, 0.3) is 11.3 Å². The van der Waals surface area contributed by atoms with Gasteiger partial charge in [0.2, 0.25) is 5.91 Å². The molecule has 0 radical (unpaired) electrons. The molecule has 2 aromatic heterocycles. The van der Waals surface area contributed by atoms with E-state index in [1.807, 2.05) is 60.4 Å². The second-order valence-electron chi connectivity index (χ2n) is 13.6. The van der Waals surface area contributed by atoms with Crippen molar-refractivity contribution in [1.29, 1.82) is 0 Å². The lowest BCUT2D eigenvalue weighted by atomic mass is 9.99. The molecule has 2 aliphatic heterocycles. The van der Waals surface area contributed by atoms with Crippen molar-refractivity contribution in [2.45, 2.75) is 45.6 Å². The number of aryl methyl sites for hydroxylation is 3. The summed E-state index contributed by atoms with van der Waals surface area (Å²) in [5.41, 5.74) is 5.67. The fraction of sp³-hybridized carbons (Fsp3) is 0.436. The number of benzene rings is 2. The highest BCUT2D eigenvalue weighted by atomic mass is 32.1. The summed E-state index contributed by atoms with van der Waals surface area (Å²) >= 11 is 1.60. The average molecular weight is 710 g/mol. The second kappa shape index (κ2) is 15.5. The number of hydrogen-bond acceptors (Lipinski definition) is 9. The third-order valence-corrected chi connectivity index (χ3v) is 11.7. The number of fused-ring (bicyclic) bond motifs is 1. The van der Waals surface area contributed by atoms with Crippen molar-refractivity contribution in [3.05, 3.63) is 91.5 Å². The molecule has 0 saturated carbocycles. The van der Waals surface area contributed by atoms with Crippen LogP contribution in [0.3, 0.4) is 0 Å². The number of morpholine rings is 1. The van der Waals surface area contributed by atoms with E-state index >= 15 is 0 Å². The van der Waals surface area contributed by atoms with Crippen molar-refractivity contribution in [1.82, 2.24) is 24.3 Å². The van der Waals surface area contributed by atoms with Gasteiger partial charge in [-0.15, -0.1) is 11.3 Å². The molecule has 12 heteroatoms. The van der Waals surface area contributed by atoms with Crippen LogP contribution in [0, 0.1) is 6.92 Å². The zero-order chi connectivity index (χ0) is 35.5. The number of carbonyl (C=O) groups excluding carboxylic acids is 2. The molecule has 3 aliphatic rings. The zero-order valence-electron chi connectivity index (χ0n) is 29.7. The van der Waals surface area contributed by atoms with Gasteiger partial charge < -0.3 is 29.7 Å². The quantitative estimate of drug-likeness (QED) is 0.243. The summed E-state index contributed by atoms with van der Waals surface area (Å²) in [5, 5.41) is 6.36. The van der Waals surface area contributed by atoms with Crippen molar-refractivity contribution in [3.8, 4) is 11.3 Å². The van der Waals surface area contributed by atoms with Crippen LogP contribution >= 0.6 is 11.3 Å². The lowest BCUT2D eigenvalue weighted by Gasteiger charge is -2.40. The predicted octanol–water partition coefficient (Wildman–Crippen LogP) is 5.23. The molecule has 4 heterocycles. The molecule has 51 heavy (non-hydrogen) atoms. The number of hydrogen-bond donors (Lipinski definition) is 2. The maximum atomic E-state index is 13.9. The number of anilines is 3. The van der Waals surface area contributed by atoms with E-state index in [-0.39, 0.29) is 29.2 Å². The van der Waals surface area contributed by atoms with Gasteiger partial charge in [-0.3, -0.25) is 19.3 Å². The summed E-state index contributed by atoms with van der Waals surface area (Å²) in [5.74, 6) is 0.193. The number of likely N-dealkylation sites (N-methyl/N-ethyl adjacent to an activating group) is 1. The Morgan fingerprint density at radius 3 is 2.45 bits per heavy atom. The highest BCUT2D eigenvalue weighted by Crippen LogP contribution is 2.32. The number of nitrogens with zero attached hydrogens (tertiary/aromatic N) is 5. The van der Waals surface area contributed by atoms with E-state index in [0.717, 1.165) is 67.1 Å². The van der Waals surface area contributed by atoms with Crippen LogP contribution in [0.4, 0.5) is 17.2 Å². The van der Waals surface area contributed by atoms with Gasteiger partial charge in [0.1, 0.15) is 6.04 Å². The van der Waals surface area contributed by atoms with E-state index in [4.69, 9.17) is 9.72 Å². The molecule has 2 saturated heterocycles. The second-order valence-corrected chi connectivity index (χ2v) is 14.8. The van der Waals surface area contributed by atoms with Gasteiger partial charge >= 0.3 is 0 Å². The van der Waals surface area contributed by atoms with E-state index in [2.05, 4.69) is 27.4 Å². The van der Waals surface area contributed by atoms with Crippen molar-refractivity contribution in [3.63, 3.8) is 0 Å². The Labute approximate surface area is 303 Å². The van der Waals surface area contributed by atoms with Crippen LogP contribution < -0.4 is 16.2 Å². The van der Waals surface area contributed by atoms with E-state index < -0.39 is 0 Å². The number of piperazine rings is 1. The average Bonchev–Trinajstić information content (AvgIpc) is 3.60. The highest BCUT2D eigenvalue weighted by molar-refractivity contribution is 7.14. The fourth-order valence-electron chi connectivity index (χ4n) is 7.34. The SMILES string of the molecule is CCN1CCN(C(C(=O)N2CCOCC2)c2ccc(Nc3nc(-c4cccc(NC(=O)c5cc6c(s5)CCCC6)c4C)cn(C)c3=O)cc2)CC1. The molecule has 2 aromatic carbocycles. The summed E-state index contributed by atoms with van der Waals surface area (Å²) < 4.78 is 7.04. The third kappa shape index (κ3) is 7.64. The van der Waals surface area contributed by atoms with Gasteiger partial charge in [0.05, 0.1) is 23.8 Å². The van der Waals surface area contributed by atoms with Gasteiger partial charge in [-0.05, 0) is 80.1 Å². The first-order chi connectivity index (χ1) is 24.8. The first-order valence-electron chi connectivity index (χ1n) is 18.1. The van der Waals surface area contributed by atoms with E-state index in [1.165, 1.54) is 27.8 Å². The van der Waals surface area contributed by atoms with Gasteiger partial charge in [-0.25, -0.2) is 4.98 Å². The van der Waals surface area contributed by atoms with E-state index in [0.29, 0.717) is 43.4 Å². The van der Waals surface area contributed by atoms with Crippen molar-refractivity contribution < 1.29 is 14.3 Å². The van der Waals surface area contributed by atoms with Crippen LogP contribution in [0.5, 0.6) is 0 Å². The standard InChI is InChI=1S/C39H47N7O4S/c1-4-44-16-18-45(19-17-44)35(38(48)46-20-22-50-23-21-46)27-12-14-29(15-13-27)40-36-39(49)43(3)25-32(41-36)30-9-7-10-31(26(30)2)42-37(47)34-24-28-8-5-6-11-33(28)51-34/h7,9-10,12-15,24-25,35H,4-6,8,11,16-23H2,1-3H3,(H,40,41)(H,42,47). The topological polar surface area (TPSA) is 112 Å². The van der Waals surface area contributed by atoms with Crippen molar-refractivity contribution >= 4 is 40.3 Å². The minimum absolute atomic E-state index is 0.106. The monoisotopic (exact) mass is 709 g/mol. The molecule has 4 aromatic rings. The lowest BCUT2D eigenvalue weighted by Crippen LogP contribution is -2.53. The molecular formula is C39H47N7O4S. The molecule has 0 spiro atoms. The van der Waals surface area contributed by atoms with Gasteiger partial charge in [-0.1, -0.05) is 31.2 Å². The Morgan fingerprint density at radius 2 is 1.73 bits per heavy atom. The Morgan fingerprint density at radius 1 is 0.980 bits per heavy atom. The Hall–Kier alpha value is -4.36. The molecule has 1 atom stereocenters. The van der Waals surface area contributed by atoms with Gasteiger partial charge in [0, 0.05) is 74.3 Å². The van der Waals surface area contributed by atoms with Crippen LogP contribution in [0.2, 0.25) is 0 Å². The number of nitrogens with one attached hydrogen (secondary N) is 2. The van der Waals surface area contributed by atoms with Crippen LogP contribution in [0.15, 0.2) is 59.5 Å². The first kappa shape index (κ1) is 35.1. The largest absolute Gasteiger partial charge is 0.378 e. The Balaban J connectivity index is 1.11. The van der Waals surface area contributed by atoms with E-state index in [1.54, 1.807) is 24.6 Å². The highest BCUT2D eigenvalue weighted by Gasteiger charge is 2.34. The van der Waals surface area contributed by atoms with E-state index in [9.17, 15) is 14.4 Å². The van der Waals surface area contributed by atoms with Crippen molar-refractivity contribution in [2.24, 2.45) is 7.05 Å². The molecule has 2 fully saturated rings. The number of thiophene rings is 1. The third-order valence-electron chi connectivity index (χ3n) is 10.4. The minimum Gasteiger partial charge on any atom is -0.378 e. The molecule has 11 nitrogen and oxygen atoms in total. The smallest absolute Gasteiger partial charge is 0.293 e.